The highest BCUT2D eigenvalue weighted by atomic mass is 19.1. The molecule has 0 atom stereocenters. The summed E-state index contributed by atoms with van der Waals surface area (Å²) in [6.07, 6.45) is 6.86. The van der Waals surface area contributed by atoms with Crippen molar-refractivity contribution in [1.29, 1.82) is 0 Å². The van der Waals surface area contributed by atoms with Gasteiger partial charge in [-0.05, 0) is 68.2 Å². The molecule has 0 unspecified atom stereocenters. The lowest BCUT2D eigenvalue weighted by atomic mass is 10.0. The summed E-state index contributed by atoms with van der Waals surface area (Å²) < 4.78 is 27.5. The Morgan fingerprint density at radius 3 is 2.43 bits per heavy atom. The molecule has 1 aromatic carbocycles. The second-order valence-corrected chi connectivity index (χ2v) is 7.96. The van der Waals surface area contributed by atoms with Crippen molar-refractivity contribution in [1.82, 2.24) is 14.5 Å². The van der Waals surface area contributed by atoms with Crippen molar-refractivity contribution in [3.63, 3.8) is 0 Å². The lowest BCUT2D eigenvalue weighted by Crippen LogP contribution is -2.14. The third kappa shape index (κ3) is 2.74. The molecule has 5 rings (SSSR count). The third-order valence-electron chi connectivity index (χ3n) is 6.02. The minimum atomic E-state index is -0.401. The summed E-state index contributed by atoms with van der Waals surface area (Å²) in [4.78, 5) is 9.35. The van der Waals surface area contributed by atoms with Crippen LogP contribution in [0.15, 0.2) is 24.4 Å². The maximum absolute atomic E-state index is 14.4. The number of benzene rings is 1. The van der Waals surface area contributed by atoms with Gasteiger partial charge in [-0.3, -0.25) is 9.55 Å². The first-order valence-electron chi connectivity index (χ1n) is 9.87. The summed E-state index contributed by atoms with van der Waals surface area (Å²) in [5.41, 5.74) is 4.08. The van der Waals surface area contributed by atoms with E-state index in [1.165, 1.54) is 38.9 Å². The van der Waals surface area contributed by atoms with Crippen molar-refractivity contribution >= 4 is 11.0 Å². The number of hydrogen-bond acceptors (Lipinski definition) is 4. The monoisotopic (exact) mass is 381 g/mol. The van der Waals surface area contributed by atoms with Crippen LogP contribution in [0.2, 0.25) is 0 Å². The molecule has 0 amide bonds. The highest BCUT2D eigenvalue weighted by Crippen LogP contribution is 2.54. The Bertz CT molecular complexity index is 1040. The van der Waals surface area contributed by atoms with E-state index in [0.29, 0.717) is 29.6 Å². The van der Waals surface area contributed by atoms with E-state index in [-0.39, 0.29) is 5.75 Å². The number of hydrogen-bond donors (Lipinski definition) is 0. The largest absolute Gasteiger partial charge is 0.494 e. The molecule has 0 bridgehead atoms. The van der Waals surface area contributed by atoms with Crippen LogP contribution in [-0.4, -0.2) is 28.8 Å². The van der Waals surface area contributed by atoms with E-state index in [1.807, 2.05) is 13.0 Å². The maximum Gasteiger partial charge on any atom is 0.297 e. The molecular formula is C22H24FN3O2. The summed E-state index contributed by atoms with van der Waals surface area (Å²) in [6.45, 7) is 1.93. The molecule has 0 N–H and O–H groups in total. The van der Waals surface area contributed by atoms with Crippen LogP contribution in [0.5, 0.6) is 11.8 Å². The topological polar surface area (TPSA) is 49.2 Å². The standard InChI is InChI=1S/C22H24FN3O2/c1-12-10-18(27-2)16(23)11-15(12)19-20-17(8-9-24-19)26(22(25-20)28-3)21(13-4-5-13)14-6-7-14/h8-11,13-14,21H,4-7H2,1-3H3. The van der Waals surface area contributed by atoms with Gasteiger partial charge in [-0.15, -0.1) is 0 Å². The summed E-state index contributed by atoms with van der Waals surface area (Å²) >= 11 is 0. The van der Waals surface area contributed by atoms with Crippen LogP contribution < -0.4 is 9.47 Å². The van der Waals surface area contributed by atoms with Gasteiger partial charge in [0, 0.05) is 17.8 Å². The molecule has 2 aromatic heterocycles. The van der Waals surface area contributed by atoms with Crippen LogP contribution in [0, 0.1) is 24.6 Å². The van der Waals surface area contributed by atoms with Crippen molar-refractivity contribution in [3.8, 4) is 23.0 Å². The Kier molecular flexibility index (Phi) is 4.03. The fourth-order valence-electron chi connectivity index (χ4n) is 4.38. The van der Waals surface area contributed by atoms with Crippen molar-refractivity contribution in [3.05, 3.63) is 35.8 Å². The molecule has 6 heteroatoms. The average Bonchev–Trinajstić information content (AvgIpc) is 3.62. The smallest absolute Gasteiger partial charge is 0.297 e. The van der Waals surface area contributed by atoms with Gasteiger partial charge in [-0.25, -0.2) is 4.39 Å². The Morgan fingerprint density at radius 1 is 1.11 bits per heavy atom. The van der Waals surface area contributed by atoms with Crippen LogP contribution in [0.4, 0.5) is 4.39 Å². The molecule has 0 radical (unpaired) electrons. The van der Waals surface area contributed by atoms with Crippen LogP contribution in [0.25, 0.3) is 22.3 Å². The second kappa shape index (κ2) is 6.47. The van der Waals surface area contributed by atoms with Crippen LogP contribution in [-0.2, 0) is 0 Å². The van der Waals surface area contributed by atoms with Crippen molar-refractivity contribution in [2.45, 2.75) is 38.6 Å². The van der Waals surface area contributed by atoms with E-state index >= 15 is 0 Å². The summed E-state index contributed by atoms with van der Waals surface area (Å²) in [5.74, 6) is 1.24. The van der Waals surface area contributed by atoms with Gasteiger partial charge in [0.2, 0.25) is 0 Å². The summed E-state index contributed by atoms with van der Waals surface area (Å²) in [5, 5.41) is 0. The first-order valence-corrected chi connectivity index (χ1v) is 9.87. The molecule has 2 aliphatic rings. The Labute approximate surface area is 163 Å². The zero-order valence-corrected chi connectivity index (χ0v) is 16.4. The molecule has 28 heavy (non-hydrogen) atoms. The average molecular weight is 381 g/mol. The highest BCUT2D eigenvalue weighted by Gasteiger charge is 2.44. The highest BCUT2D eigenvalue weighted by molar-refractivity contribution is 5.91. The Hall–Kier alpha value is -2.63. The molecule has 2 heterocycles. The first kappa shape index (κ1) is 17.5. The number of fused-ring (bicyclic) bond motifs is 1. The van der Waals surface area contributed by atoms with E-state index < -0.39 is 5.82 Å². The molecule has 2 fully saturated rings. The molecule has 5 nitrogen and oxygen atoms in total. The van der Waals surface area contributed by atoms with Crippen LogP contribution >= 0.6 is 0 Å². The molecule has 2 aliphatic carbocycles. The van der Waals surface area contributed by atoms with E-state index in [9.17, 15) is 4.39 Å². The number of aryl methyl sites for hydroxylation is 1. The zero-order valence-electron chi connectivity index (χ0n) is 16.4. The van der Waals surface area contributed by atoms with Gasteiger partial charge in [0.05, 0.1) is 25.4 Å². The normalized spacial score (nSPS) is 16.8. The lowest BCUT2D eigenvalue weighted by Gasteiger charge is -2.20. The number of ether oxygens (including phenoxy) is 2. The predicted octanol–water partition coefficient (Wildman–Crippen LogP) is 4.92. The van der Waals surface area contributed by atoms with Gasteiger partial charge in [-0.2, -0.15) is 4.98 Å². The minimum Gasteiger partial charge on any atom is -0.494 e. The van der Waals surface area contributed by atoms with E-state index in [0.717, 1.165) is 22.2 Å². The van der Waals surface area contributed by atoms with E-state index in [2.05, 4.69) is 9.55 Å². The predicted molar refractivity (Wildman–Crippen MR) is 105 cm³/mol. The van der Waals surface area contributed by atoms with Crippen molar-refractivity contribution in [2.75, 3.05) is 14.2 Å². The van der Waals surface area contributed by atoms with Gasteiger partial charge in [0.25, 0.3) is 6.01 Å². The lowest BCUT2D eigenvalue weighted by molar-refractivity contribution is 0.310. The number of nitrogens with zero attached hydrogens (tertiary/aromatic N) is 3. The van der Waals surface area contributed by atoms with Gasteiger partial charge >= 0.3 is 0 Å². The second-order valence-electron chi connectivity index (χ2n) is 7.96. The Balaban J connectivity index is 1.71. The molecule has 3 aromatic rings. The SMILES string of the molecule is COc1cc(C)c(-c2nccc3c2nc(OC)n3C(C2CC2)C2CC2)cc1F. The van der Waals surface area contributed by atoms with Crippen LogP contribution in [0.1, 0.15) is 37.3 Å². The molecule has 2 saturated carbocycles. The molecule has 146 valence electrons. The zero-order chi connectivity index (χ0) is 19.4. The number of pyridine rings is 1. The number of aromatic nitrogens is 3. The number of methoxy groups -OCH3 is 2. The van der Waals surface area contributed by atoms with Gasteiger partial charge in [0.15, 0.2) is 11.6 Å². The molecular weight excluding hydrogens is 357 g/mol. The molecule has 0 aliphatic heterocycles. The van der Waals surface area contributed by atoms with Crippen molar-refractivity contribution in [2.24, 2.45) is 11.8 Å². The minimum absolute atomic E-state index is 0.235. The molecule has 0 spiro atoms. The number of imidazole rings is 1. The maximum atomic E-state index is 14.4. The Morgan fingerprint density at radius 2 is 1.82 bits per heavy atom. The van der Waals surface area contributed by atoms with Gasteiger partial charge in [0.1, 0.15) is 5.52 Å². The summed E-state index contributed by atoms with van der Waals surface area (Å²) in [6, 6.07) is 6.25. The fourth-order valence-corrected chi connectivity index (χ4v) is 4.38. The first-order chi connectivity index (χ1) is 13.6. The molecule has 0 saturated heterocycles. The fraction of sp³-hybridized carbons (Fsp3) is 0.455. The van der Waals surface area contributed by atoms with Crippen LogP contribution in [0.3, 0.4) is 0 Å². The third-order valence-corrected chi connectivity index (χ3v) is 6.02. The van der Waals surface area contributed by atoms with E-state index in [1.54, 1.807) is 19.4 Å². The number of halogens is 1. The van der Waals surface area contributed by atoms with Gasteiger partial charge < -0.3 is 9.47 Å². The van der Waals surface area contributed by atoms with Crippen molar-refractivity contribution < 1.29 is 13.9 Å². The number of rotatable bonds is 6. The van der Waals surface area contributed by atoms with Gasteiger partial charge in [-0.1, -0.05) is 0 Å². The summed E-state index contributed by atoms with van der Waals surface area (Å²) in [7, 11) is 3.14. The van der Waals surface area contributed by atoms with E-state index in [4.69, 9.17) is 14.5 Å². The quantitative estimate of drug-likeness (QED) is 0.608.